The lowest BCUT2D eigenvalue weighted by molar-refractivity contribution is -0.147. The van der Waals surface area contributed by atoms with E-state index in [-0.39, 0.29) is 12.2 Å². The molecule has 0 bridgehead atoms. The van der Waals surface area contributed by atoms with Gasteiger partial charge >= 0.3 is 11.9 Å². The summed E-state index contributed by atoms with van der Waals surface area (Å²) in [5.74, 6) is -1.18. The number of carboxylic acids is 1. The number of carbonyl (C=O) groups is 2. The van der Waals surface area contributed by atoms with Crippen LogP contribution in [0.2, 0.25) is 0 Å². The summed E-state index contributed by atoms with van der Waals surface area (Å²) in [6.45, 7) is 2.00. The molecule has 0 aromatic carbocycles. The van der Waals surface area contributed by atoms with Crippen LogP contribution in [0.5, 0.6) is 0 Å². The average Bonchev–Trinajstić information content (AvgIpc) is 3.13. The van der Waals surface area contributed by atoms with Gasteiger partial charge in [-0.3, -0.25) is 4.99 Å². The summed E-state index contributed by atoms with van der Waals surface area (Å²) in [5.41, 5.74) is 0.956. The highest BCUT2D eigenvalue weighted by atomic mass is 32.1. The molecule has 0 radical (unpaired) electrons. The number of aliphatic imine (C=N–C) groups is 1. The molecule has 2 aliphatic rings. The highest BCUT2D eigenvalue weighted by Gasteiger charge is 2.44. The minimum absolute atomic E-state index is 0.0783. The number of hydrogen-bond acceptors (Lipinski definition) is 6. The Balaban J connectivity index is 2.03. The predicted molar refractivity (Wildman–Crippen MR) is 81.6 cm³/mol. The third-order valence-corrected chi connectivity index (χ3v) is 4.20. The van der Waals surface area contributed by atoms with Crippen LogP contribution < -0.4 is 0 Å². The lowest BCUT2D eigenvalue weighted by Gasteiger charge is -2.26. The lowest BCUT2D eigenvalue weighted by atomic mass is 10.0. The smallest absolute Gasteiger partial charge is 0.339 e. The number of fused-ring (bicyclic) bond motifs is 1. The summed E-state index contributed by atoms with van der Waals surface area (Å²) in [5, 5.41) is 13.1. The number of hydrogen-bond donors (Lipinski definition) is 1. The van der Waals surface area contributed by atoms with Crippen molar-refractivity contribution in [2.75, 3.05) is 6.61 Å². The van der Waals surface area contributed by atoms with Crippen LogP contribution in [0, 0.1) is 0 Å². The van der Waals surface area contributed by atoms with Gasteiger partial charge < -0.3 is 14.7 Å². The van der Waals surface area contributed by atoms with Crippen molar-refractivity contribution in [1.29, 1.82) is 0 Å². The van der Waals surface area contributed by atoms with Crippen molar-refractivity contribution in [2.45, 2.75) is 19.0 Å². The predicted octanol–water partition coefficient (Wildman–Crippen LogP) is 1.97. The molecule has 1 N–H and O–H groups in total. The molecule has 2 unspecified atom stereocenters. The molecule has 0 saturated carbocycles. The van der Waals surface area contributed by atoms with Crippen LogP contribution in [-0.2, 0) is 14.3 Å². The van der Waals surface area contributed by atoms with E-state index < -0.39 is 24.0 Å². The van der Waals surface area contributed by atoms with Gasteiger partial charge in [0.1, 0.15) is 17.5 Å². The highest BCUT2D eigenvalue weighted by Crippen LogP contribution is 2.36. The standard InChI is InChI=1S/C15H14N2O4S/c1-2-21-15(20)12-11(9-5-7-22-8-9)16-13-10(14(18)19)4-3-6-17(12)13/h3-8,11-12H,2H2,1H3,(H,18,19). The Bertz CT molecular complexity index is 690. The Morgan fingerprint density at radius 3 is 2.95 bits per heavy atom. The molecule has 22 heavy (non-hydrogen) atoms. The number of nitrogens with zero attached hydrogens (tertiary/aromatic N) is 2. The van der Waals surface area contributed by atoms with Crippen LogP contribution in [0.25, 0.3) is 0 Å². The van der Waals surface area contributed by atoms with E-state index >= 15 is 0 Å². The van der Waals surface area contributed by atoms with Gasteiger partial charge in [-0.05, 0) is 41.5 Å². The Labute approximate surface area is 131 Å². The zero-order chi connectivity index (χ0) is 15.7. The molecule has 0 fully saturated rings. The van der Waals surface area contributed by atoms with E-state index in [0.29, 0.717) is 5.84 Å². The van der Waals surface area contributed by atoms with Crippen molar-refractivity contribution in [2.24, 2.45) is 4.99 Å². The molecule has 7 heteroatoms. The van der Waals surface area contributed by atoms with Crippen LogP contribution in [0.1, 0.15) is 18.5 Å². The van der Waals surface area contributed by atoms with Gasteiger partial charge in [0.05, 0.1) is 6.61 Å². The van der Waals surface area contributed by atoms with Crippen molar-refractivity contribution in [3.05, 3.63) is 46.3 Å². The second-order valence-corrected chi connectivity index (χ2v) is 5.57. The largest absolute Gasteiger partial charge is 0.478 e. The number of ether oxygens (including phenoxy) is 1. The van der Waals surface area contributed by atoms with Gasteiger partial charge in [-0.1, -0.05) is 0 Å². The Morgan fingerprint density at radius 1 is 1.50 bits per heavy atom. The van der Waals surface area contributed by atoms with Gasteiger partial charge in [0.25, 0.3) is 0 Å². The molecular formula is C15H14N2O4S. The molecule has 2 atom stereocenters. The van der Waals surface area contributed by atoms with E-state index in [4.69, 9.17) is 4.74 Å². The van der Waals surface area contributed by atoms with E-state index in [1.54, 1.807) is 24.1 Å². The topological polar surface area (TPSA) is 79.2 Å². The normalized spacial score (nSPS) is 22.9. The first kappa shape index (κ1) is 14.5. The van der Waals surface area contributed by atoms with E-state index in [1.807, 2.05) is 16.8 Å². The zero-order valence-corrected chi connectivity index (χ0v) is 12.6. The second kappa shape index (κ2) is 5.76. The maximum absolute atomic E-state index is 12.3. The maximum atomic E-state index is 12.3. The maximum Gasteiger partial charge on any atom is 0.339 e. The van der Waals surface area contributed by atoms with E-state index in [0.717, 1.165) is 5.56 Å². The number of allylic oxidation sites excluding steroid dienone is 2. The molecule has 1 aromatic rings. The fourth-order valence-corrected chi connectivity index (χ4v) is 3.26. The van der Waals surface area contributed by atoms with Crippen LogP contribution in [0.4, 0.5) is 0 Å². The van der Waals surface area contributed by atoms with Crippen molar-refractivity contribution in [1.82, 2.24) is 4.90 Å². The van der Waals surface area contributed by atoms with Crippen molar-refractivity contribution >= 4 is 29.1 Å². The van der Waals surface area contributed by atoms with Gasteiger partial charge in [0, 0.05) is 6.20 Å². The summed E-state index contributed by atoms with van der Waals surface area (Å²) in [6, 6.07) is 0.743. The number of carbonyl (C=O) groups excluding carboxylic acids is 1. The summed E-state index contributed by atoms with van der Waals surface area (Å²) in [6.07, 6.45) is 4.75. The molecule has 3 rings (SSSR count). The fraction of sp³-hybridized carbons (Fsp3) is 0.267. The number of carboxylic acid groups (broad SMARTS) is 1. The number of amidine groups is 1. The lowest BCUT2D eigenvalue weighted by Crippen LogP contribution is -2.42. The average molecular weight is 318 g/mol. The van der Waals surface area contributed by atoms with E-state index in [2.05, 4.69) is 4.99 Å². The molecule has 0 aliphatic carbocycles. The number of thiophene rings is 1. The van der Waals surface area contributed by atoms with E-state index in [1.165, 1.54) is 17.4 Å². The summed E-state index contributed by atoms with van der Waals surface area (Å²) < 4.78 is 5.15. The molecule has 0 amide bonds. The van der Waals surface area contributed by atoms with Gasteiger partial charge in [-0.2, -0.15) is 11.3 Å². The number of esters is 1. The van der Waals surface area contributed by atoms with Crippen LogP contribution >= 0.6 is 11.3 Å². The van der Waals surface area contributed by atoms with Crippen LogP contribution in [0.15, 0.2) is 45.7 Å². The first-order valence-electron chi connectivity index (χ1n) is 6.80. The molecule has 2 aliphatic heterocycles. The van der Waals surface area contributed by atoms with E-state index in [9.17, 15) is 14.7 Å². The van der Waals surface area contributed by atoms with Crippen molar-refractivity contribution in [3.63, 3.8) is 0 Å². The summed E-state index contributed by atoms with van der Waals surface area (Å²) >= 11 is 1.51. The molecule has 3 heterocycles. The van der Waals surface area contributed by atoms with Crippen molar-refractivity contribution in [3.8, 4) is 0 Å². The number of rotatable bonds is 4. The van der Waals surface area contributed by atoms with Gasteiger partial charge in [-0.25, -0.2) is 9.59 Å². The molecule has 6 nitrogen and oxygen atoms in total. The molecule has 0 saturated heterocycles. The number of aliphatic carboxylic acids is 1. The SMILES string of the molecule is CCOC(=O)C1C(c2ccsc2)N=C2C(C(=O)O)=CC=CN21. The molecular weight excluding hydrogens is 304 g/mol. The minimum Gasteiger partial charge on any atom is -0.478 e. The third-order valence-electron chi connectivity index (χ3n) is 3.50. The Hall–Kier alpha value is -2.41. The Morgan fingerprint density at radius 2 is 2.32 bits per heavy atom. The summed E-state index contributed by atoms with van der Waals surface area (Å²) in [4.78, 5) is 29.8. The van der Waals surface area contributed by atoms with Crippen LogP contribution in [0.3, 0.4) is 0 Å². The second-order valence-electron chi connectivity index (χ2n) is 4.79. The van der Waals surface area contributed by atoms with Crippen molar-refractivity contribution < 1.29 is 19.4 Å². The quantitative estimate of drug-likeness (QED) is 0.859. The first-order valence-corrected chi connectivity index (χ1v) is 7.74. The molecule has 114 valence electrons. The minimum atomic E-state index is -1.07. The third kappa shape index (κ3) is 2.33. The molecule has 0 spiro atoms. The van der Waals surface area contributed by atoms with Crippen LogP contribution in [-0.4, -0.2) is 40.4 Å². The zero-order valence-electron chi connectivity index (χ0n) is 11.8. The molecule has 1 aromatic heterocycles. The van der Waals surface area contributed by atoms with Gasteiger partial charge in [0.2, 0.25) is 0 Å². The Kier molecular flexibility index (Phi) is 3.81. The summed E-state index contributed by atoms with van der Waals surface area (Å²) in [7, 11) is 0. The highest BCUT2D eigenvalue weighted by molar-refractivity contribution is 7.08. The van der Waals surface area contributed by atoms with Gasteiger partial charge in [-0.15, -0.1) is 0 Å². The fourth-order valence-electron chi connectivity index (χ4n) is 2.57. The first-order chi connectivity index (χ1) is 10.6. The van der Waals surface area contributed by atoms with Gasteiger partial charge in [0.15, 0.2) is 6.04 Å². The monoisotopic (exact) mass is 318 g/mol.